The molecule has 300 valence electrons. The highest BCUT2D eigenvalue weighted by Gasteiger charge is 2.39. The summed E-state index contributed by atoms with van der Waals surface area (Å²) in [4.78, 5) is 14.6. The molecule has 2 unspecified atom stereocenters. The summed E-state index contributed by atoms with van der Waals surface area (Å²) < 4.78 is 9.61. The zero-order chi connectivity index (χ0) is 41.9. The van der Waals surface area contributed by atoms with E-state index in [0.717, 1.165) is 60.1 Å². The van der Waals surface area contributed by atoms with Gasteiger partial charge in [-0.2, -0.15) is 0 Å². The molecule has 0 bridgehead atoms. The maximum absolute atomic E-state index is 6.25. The zero-order valence-electron chi connectivity index (χ0n) is 34.4. The van der Waals surface area contributed by atoms with E-state index in [1.54, 1.807) is 11.3 Å². The first-order chi connectivity index (χ1) is 31.7. The second-order valence-electron chi connectivity index (χ2n) is 16.9. The summed E-state index contributed by atoms with van der Waals surface area (Å²) in [6, 6.07) is 65.5. The van der Waals surface area contributed by atoms with Crippen LogP contribution in [0.3, 0.4) is 0 Å². The maximum atomic E-state index is 6.25. The van der Waals surface area contributed by atoms with Gasteiger partial charge >= 0.3 is 0 Å². The molecular formula is C58H36N4OS. The van der Waals surface area contributed by atoms with Crippen molar-refractivity contribution in [2.75, 3.05) is 4.90 Å². The maximum Gasteiger partial charge on any atom is 0.235 e. The Morgan fingerprint density at radius 1 is 0.516 bits per heavy atom. The first kappa shape index (κ1) is 35.5. The van der Waals surface area contributed by atoms with Crippen molar-refractivity contribution in [2.24, 2.45) is 0 Å². The first-order valence-electron chi connectivity index (χ1n) is 21.8. The van der Waals surface area contributed by atoms with Crippen molar-refractivity contribution in [3.05, 3.63) is 212 Å². The molecule has 12 aromatic rings. The van der Waals surface area contributed by atoms with E-state index in [4.69, 9.17) is 14.4 Å². The molecule has 0 fully saturated rings. The fraction of sp³-hybridized carbons (Fsp3) is 0.0345. The Balaban J connectivity index is 0.978. The van der Waals surface area contributed by atoms with Gasteiger partial charge in [-0.25, -0.2) is 9.97 Å². The van der Waals surface area contributed by atoms with E-state index in [-0.39, 0.29) is 12.0 Å². The summed E-state index contributed by atoms with van der Waals surface area (Å²) in [5.74, 6) is 0.837. The third-order valence-corrected chi connectivity index (χ3v) is 14.5. The molecule has 2 aliphatic rings. The van der Waals surface area contributed by atoms with Crippen LogP contribution in [-0.4, -0.2) is 20.6 Å². The van der Waals surface area contributed by atoms with Crippen LogP contribution in [0.4, 0.5) is 11.4 Å². The minimum Gasteiger partial charge on any atom is -0.456 e. The van der Waals surface area contributed by atoms with Crippen molar-refractivity contribution in [3.8, 4) is 38.8 Å². The highest BCUT2D eigenvalue weighted by atomic mass is 32.1. The quantitative estimate of drug-likeness (QED) is 0.173. The summed E-state index contributed by atoms with van der Waals surface area (Å²) in [5.41, 5.74) is 14.2. The molecule has 5 nitrogen and oxygen atoms in total. The summed E-state index contributed by atoms with van der Waals surface area (Å²) in [6.45, 7) is 0. The predicted molar refractivity (Wildman–Crippen MR) is 266 cm³/mol. The largest absolute Gasteiger partial charge is 0.456 e. The molecule has 14 rings (SSSR count). The lowest BCUT2D eigenvalue weighted by Crippen LogP contribution is -2.28. The third-order valence-electron chi connectivity index (χ3n) is 13.3. The lowest BCUT2D eigenvalue weighted by atomic mass is 9.86. The van der Waals surface area contributed by atoms with Gasteiger partial charge in [0.05, 0.1) is 33.0 Å². The van der Waals surface area contributed by atoms with Crippen LogP contribution in [0, 0.1) is 0 Å². The van der Waals surface area contributed by atoms with Crippen LogP contribution >= 0.6 is 11.3 Å². The van der Waals surface area contributed by atoms with E-state index >= 15 is 0 Å². The van der Waals surface area contributed by atoms with E-state index in [0.29, 0.717) is 5.95 Å². The number of allylic oxidation sites excluding steroid dienone is 2. The van der Waals surface area contributed by atoms with Gasteiger partial charge in [0.2, 0.25) is 5.95 Å². The van der Waals surface area contributed by atoms with E-state index in [1.165, 1.54) is 54.4 Å². The molecule has 1 aliphatic carbocycles. The summed E-state index contributed by atoms with van der Waals surface area (Å²) in [6.07, 6.45) is 9.13. The van der Waals surface area contributed by atoms with Crippen LogP contribution < -0.4 is 4.90 Å². The van der Waals surface area contributed by atoms with Gasteiger partial charge in [0, 0.05) is 49.3 Å². The highest BCUT2D eigenvalue weighted by molar-refractivity contribution is 7.22. The smallest absolute Gasteiger partial charge is 0.235 e. The van der Waals surface area contributed by atoms with Crippen LogP contribution in [0.5, 0.6) is 0 Å². The van der Waals surface area contributed by atoms with Gasteiger partial charge in [-0.05, 0) is 93.7 Å². The Hall–Kier alpha value is -8.06. The monoisotopic (exact) mass is 836 g/mol. The van der Waals surface area contributed by atoms with Crippen molar-refractivity contribution < 1.29 is 4.42 Å². The average Bonchev–Trinajstić information content (AvgIpc) is 4.12. The van der Waals surface area contributed by atoms with Crippen LogP contribution in [0.25, 0.3) is 104 Å². The Kier molecular flexibility index (Phi) is 7.62. The molecule has 0 saturated heterocycles. The molecule has 5 heterocycles. The number of benzene rings is 8. The Morgan fingerprint density at radius 3 is 2.14 bits per heavy atom. The molecular weight excluding hydrogens is 801 g/mol. The molecule has 64 heavy (non-hydrogen) atoms. The van der Waals surface area contributed by atoms with Gasteiger partial charge in [-0.15, -0.1) is 11.3 Å². The van der Waals surface area contributed by atoms with E-state index < -0.39 is 0 Å². The van der Waals surface area contributed by atoms with E-state index in [9.17, 15) is 0 Å². The number of hydrogen-bond acceptors (Lipinski definition) is 5. The topological polar surface area (TPSA) is 47.1 Å². The minimum atomic E-state index is 0.138. The lowest BCUT2D eigenvalue weighted by Gasteiger charge is -2.28. The number of aromatic nitrogens is 3. The number of anilines is 2. The van der Waals surface area contributed by atoms with Gasteiger partial charge in [-0.3, -0.25) is 4.57 Å². The number of hydrogen-bond donors (Lipinski definition) is 0. The fourth-order valence-electron chi connectivity index (χ4n) is 10.5. The number of furan rings is 1. The van der Waals surface area contributed by atoms with Gasteiger partial charge in [-0.1, -0.05) is 146 Å². The summed E-state index contributed by atoms with van der Waals surface area (Å²) >= 11 is 1.75. The third kappa shape index (κ3) is 5.30. The molecule has 2 atom stereocenters. The van der Waals surface area contributed by atoms with Gasteiger partial charge in [0.25, 0.3) is 0 Å². The van der Waals surface area contributed by atoms with Gasteiger partial charge < -0.3 is 9.32 Å². The average molecular weight is 837 g/mol. The lowest BCUT2D eigenvalue weighted by molar-refractivity contribution is 0.669. The fourth-order valence-corrected chi connectivity index (χ4v) is 11.6. The van der Waals surface area contributed by atoms with E-state index in [2.05, 4.69) is 204 Å². The second kappa shape index (κ2) is 13.7. The normalized spacial score (nSPS) is 15.7. The first-order valence-corrected chi connectivity index (χ1v) is 22.6. The van der Waals surface area contributed by atoms with Crippen molar-refractivity contribution in [2.45, 2.75) is 12.0 Å². The standard InChI is InChI=1S/C58H36N4OS/c1-3-14-35(15-4-1)54-34-47-57(64-54)56(36-16-5-2-6-17-36)60-58(59-47)62-49-28-26-39(31-44(49)45-30-37-18-7-8-19-38(37)32-51(45)62)41-22-13-24-50-55(41)43-21-9-11-23-48(43)61(50)40-27-29-53-46(33-40)42-20-10-12-25-52(42)63-53/h1-34,43,48H. The van der Waals surface area contributed by atoms with Crippen molar-refractivity contribution in [1.82, 2.24) is 14.5 Å². The van der Waals surface area contributed by atoms with E-state index in [1.807, 2.05) is 12.1 Å². The second-order valence-corrected chi connectivity index (χ2v) is 17.9. The molecule has 8 aromatic carbocycles. The number of thiophene rings is 1. The molecule has 0 amide bonds. The Labute approximate surface area is 372 Å². The SMILES string of the molecule is C1=CC2c3c(-c4ccc5c(c4)c4cc6ccccc6cc4n5-c4nc(-c5ccccc5)c5sc(-c6ccccc6)cc5n4)cccc3N(c3ccc4oc5ccccc5c4c3)C2C=C1. The number of fused-ring (bicyclic) bond motifs is 11. The van der Waals surface area contributed by atoms with Crippen LogP contribution in [0.2, 0.25) is 0 Å². The highest BCUT2D eigenvalue weighted by Crippen LogP contribution is 2.52. The number of rotatable bonds is 5. The van der Waals surface area contributed by atoms with Crippen LogP contribution in [0.1, 0.15) is 11.5 Å². The molecule has 0 N–H and O–H groups in total. The van der Waals surface area contributed by atoms with Crippen molar-refractivity contribution in [3.63, 3.8) is 0 Å². The zero-order valence-corrected chi connectivity index (χ0v) is 35.2. The Bertz CT molecular complexity index is 3930. The molecule has 0 radical (unpaired) electrons. The van der Waals surface area contributed by atoms with Crippen LogP contribution in [0.15, 0.2) is 211 Å². The number of para-hydroxylation sites is 1. The summed E-state index contributed by atoms with van der Waals surface area (Å²) in [7, 11) is 0. The predicted octanol–water partition coefficient (Wildman–Crippen LogP) is 15.6. The molecule has 1 aliphatic heterocycles. The molecule has 0 spiro atoms. The van der Waals surface area contributed by atoms with Gasteiger partial charge in [0.1, 0.15) is 11.2 Å². The molecule has 4 aromatic heterocycles. The minimum absolute atomic E-state index is 0.138. The van der Waals surface area contributed by atoms with Crippen molar-refractivity contribution in [1.29, 1.82) is 0 Å². The van der Waals surface area contributed by atoms with Gasteiger partial charge in [0.15, 0.2) is 0 Å². The number of nitrogens with zero attached hydrogens (tertiary/aromatic N) is 4. The summed E-state index contributed by atoms with van der Waals surface area (Å²) in [5, 5.41) is 6.98. The van der Waals surface area contributed by atoms with Crippen LogP contribution in [-0.2, 0) is 0 Å². The Morgan fingerprint density at radius 2 is 1.27 bits per heavy atom. The van der Waals surface area contributed by atoms with Crippen molar-refractivity contribution >= 4 is 87.4 Å². The molecule has 0 saturated carbocycles. The molecule has 6 heteroatoms.